The molecular formula is C15H22N2O4. The molecule has 1 aromatic rings. The minimum Gasteiger partial charge on any atom is -0.495 e. The van der Waals surface area contributed by atoms with E-state index in [4.69, 9.17) is 9.84 Å². The van der Waals surface area contributed by atoms with E-state index in [0.29, 0.717) is 11.4 Å². The maximum atomic E-state index is 12.1. The number of hydrogen-bond donors (Lipinski definition) is 2. The van der Waals surface area contributed by atoms with Gasteiger partial charge in [0.15, 0.2) is 0 Å². The summed E-state index contributed by atoms with van der Waals surface area (Å²) in [7, 11) is 3.14. The zero-order valence-electron chi connectivity index (χ0n) is 12.8. The van der Waals surface area contributed by atoms with Crippen molar-refractivity contribution in [1.29, 1.82) is 0 Å². The fourth-order valence-electron chi connectivity index (χ4n) is 1.94. The Hall–Kier alpha value is -2.24. The molecule has 1 unspecified atom stereocenters. The van der Waals surface area contributed by atoms with Crippen molar-refractivity contribution < 1.29 is 19.4 Å². The summed E-state index contributed by atoms with van der Waals surface area (Å²) in [6.07, 6.45) is 0. The molecule has 6 nitrogen and oxygen atoms in total. The summed E-state index contributed by atoms with van der Waals surface area (Å²) in [6, 6.07) is 6.76. The second kappa shape index (κ2) is 7.52. The van der Waals surface area contributed by atoms with Crippen LogP contribution in [0.2, 0.25) is 0 Å². The number of carboxylic acid groups (broad SMARTS) is 1. The van der Waals surface area contributed by atoms with Crippen LogP contribution in [0.4, 0.5) is 10.5 Å². The fourth-order valence-corrected chi connectivity index (χ4v) is 1.94. The van der Waals surface area contributed by atoms with Gasteiger partial charge in [-0.3, -0.25) is 9.69 Å². The van der Waals surface area contributed by atoms with Crippen molar-refractivity contribution in [2.24, 2.45) is 11.8 Å². The number of nitrogens with one attached hydrogen (secondary N) is 1. The van der Waals surface area contributed by atoms with Crippen molar-refractivity contribution in [2.75, 3.05) is 25.6 Å². The third-order valence-electron chi connectivity index (χ3n) is 3.35. The molecule has 2 N–H and O–H groups in total. The van der Waals surface area contributed by atoms with Gasteiger partial charge in [0, 0.05) is 13.6 Å². The van der Waals surface area contributed by atoms with Gasteiger partial charge in [0.05, 0.1) is 18.7 Å². The van der Waals surface area contributed by atoms with Crippen LogP contribution in [-0.2, 0) is 4.79 Å². The Morgan fingerprint density at radius 1 is 1.33 bits per heavy atom. The molecule has 0 saturated carbocycles. The number of ether oxygens (including phenoxy) is 1. The van der Waals surface area contributed by atoms with Gasteiger partial charge in [-0.25, -0.2) is 4.79 Å². The molecular weight excluding hydrogens is 272 g/mol. The Balaban J connectivity index is 2.73. The lowest BCUT2D eigenvalue weighted by Crippen LogP contribution is -2.42. The van der Waals surface area contributed by atoms with E-state index in [0.717, 1.165) is 0 Å². The number of carboxylic acids is 1. The van der Waals surface area contributed by atoms with Crippen molar-refractivity contribution in [3.05, 3.63) is 24.3 Å². The number of nitrogens with zero attached hydrogens (tertiary/aromatic N) is 1. The molecule has 0 aromatic heterocycles. The van der Waals surface area contributed by atoms with Crippen LogP contribution in [0.25, 0.3) is 0 Å². The maximum Gasteiger partial charge on any atom is 0.321 e. The molecule has 2 amide bonds. The van der Waals surface area contributed by atoms with Crippen molar-refractivity contribution in [1.82, 2.24) is 5.32 Å². The lowest BCUT2D eigenvalue weighted by molar-refractivity contribution is -0.142. The van der Waals surface area contributed by atoms with Crippen LogP contribution in [0, 0.1) is 11.8 Å². The third-order valence-corrected chi connectivity index (χ3v) is 3.35. The van der Waals surface area contributed by atoms with Crippen LogP contribution in [0.3, 0.4) is 0 Å². The van der Waals surface area contributed by atoms with Gasteiger partial charge in [-0.15, -0.1) is 0 Å². The largest absolute Gasteiger partial charge is 0.495 e. The number of rotatable bonds is 6. The van der Waals surface area contributed by atoms with E-state index in [1.165, 1.54) is 12.0 Å². The van der Waals surface area contributed by atoms with Crippen molar-refractivity contribution in [3.63, 3.8) is 0 Å². The molecule has 1 atom stereocenters. The number of carbonyl (C=O) groups excluding carboxylic acids is 1. The molecule has 0 bridgehead atoms. The smallest absolute Gasteiger partial charge is 0.321 e. The first-order chi connectivity index (χ1) is 9.88. The van der Waals surface area contributed by atoms with Gasteiger partial charge < -0.3 is 15.2 Å². The first-order valence-corrected chi connectivity index (χ1v) is 6.75. The van der Waals surface area contributed by atoms with Crippen LogP contribution >= 0.6 is 0 Å². The molecule has 1 rings (SSSR count). The van der Waals surface area contributed by atoms with Gasteiger partial charge in [0.25, 0.3) is 0 Å². The van der Waals surface area contributed by atoms with E-state index in [2.05, 4.69) is 5.32 Å². The molecule has 0 saturated heterocycles. The Labute approximate surface area is 124 Å². The van der Waals surface area contributed by atoms with Gasteiger partial charge in [0.1, 0.15) is 5.75 Å². The normalized spacial score (nSPS) is 11.9. The summed E-state index contributed by atoms with van der Waals surface area (Å²) >= 11 is 0. The zero-order valence-corrected chi connectivity index (χ0v) is 12.8. The van der Waals surface area contributed by atoms with Crippen LogP contribution in [-0.4, -0.2) is 37.8 Å². The van der Waals surface area contributed by atoms with E-state index < -0.39 is 11.9 Å². The molecule has 0 heterocycles. The molecule has 21 heavy (non-hydrogen) atoms. The molecule has 0 radical (unpaired) electrons. The maximum absolute atomic E-state index is 12.1. The van der Waals surface area contributed by atoms with Crippen LogP contribution in [0.1, 0.15) is 13.8 Å². The molecule has 0 fully saturated rings. The number of para-hydroxylation sites is 2. The van der Waals surface area contributed by atoms with E-state index in [9.17, 15) is 9.59 Å². The van der Waals surface area contributed by atoms with E-state index in [-0.39, 0.29) is 18.5 Å². The van der Waals surface area contributed by atoms with Crippen molar-refractivity contribution >= 4 is 17.7 Å². The molecule has 1 aromatic carbocycles. The summed E-state index contributed by atoms with van der Waals surface area (Å²) in [5.41, 5.74) is 0.619. The summed E-state index contributed by atoms with van der Waals surface area (Å²) in [5.74, 6) is -1.00. The van der Waals surface area contributed by atoms with Gasteiger partial charge >= 0.3 is 12.0 Å². The van der Waals surface area contributed by atoms with Crippen LogP contribution in [0.5, 0.6) is 5.75 Å². The van der Waals surface area contributed by atoms with Gasteiger partial charge in [-0.05, 0) is 18.1 Å². The van der Waals surface area contributed by atoms with Gasteiger partial charge in [-0.2, -0.15) is 0 Å². The standard InChI is InChI=1S/C15H22N2O4/c1-10(2)11(14(18)19)9-16-15(20)17(3)12-7-5-6-8-13(12)21-4/h5-8,10-11H,9H2,1-4H3,(H,16,20)(H,18,19). The highest BCUT2D eigenvalue weighted by Crippen LogP contribution is 2.26. The monoisotopic (exact) mass is 294 g/mol. The minimum absolute atomic E-state index is 0.0561. The number of benzene rings is 1. The molecule has 0 spiro atoms. The Bertz CT molecular complexity index is 502. The number of anilines is 1. The Morgan fingerprint density at radius 3 is 2.48 bits per heavy atom. The SMILES string of the molecule is COc1ccccc1N(C)C(=O)NCC(C(=O)O)C(C)C. The summed E-state index contributed by atoms with van der Waals surface area (Å²) in [6.45, 7) is 3.72. The summed E-state index contributed by atoms with van der Waals surface area (Å²) in [4.78, 5) is 24.6. The quantitative estimate of drug-likeness (QED) is 0.843. The first-order valence-electron chi connectivity index (χ1n) is 6.75. The van der Waals surface area contributed by atoms with E-state index in [1.807, 2.05) is 19.9 Å². The number of methoxy groups -OCH3 is 1. The van der Waals surface area contributed by atoms with E-state index >= 15 is 0 Å². The average molecular weight is 294 g/mol. The number of amides is 2. The molecule has 116 valence electrons. The number of aliphatic carboxylic acids is 1. The summed E-state index contributed by atoms with van der Waals surface area (Å²) < 4.78 is 5.20. The highest BCUT2D eigenvalue weighted by Gasteiger charge is 2.23. The predicted octanol–water partition coefficient (Wildman–Crippen LogP) is 2.20. The Morgan fingerprint density at radius 2 is 1.95 bits per heavy atom. The predicted molar refractivity (Wildman–Crippen MR) is 80.8 cm³/mol. The Kier molecular flexibility index (Phi) is 6.02. The molecule has 0 aliphatic heterocycles. The minimum atomic E-state index is -0.912. The highest BCUT2D eigenvalue weighted by molar-refractivity contribution is 5.93. The number of carbonyl (C=O) groups is 2. The van der Waals surface area contributed by atoms with Crippen LogP contribution < -0.4 is 15.0 Å². The molecule has 0 aliphatic carbocycles. The number of hydrogen-bond acceptors (Lipinski definition) is 3. The second-order valence-electron chi connectivity index (χ2n) is 5.11. The topological polar surface area (TPSA) is 78.9 Å². The van der Waals surface area contributed by atoms with Crippen molar-refractivity contribution in [2.45, 2.75) is 13.8 Å². The lowest BCUT2D eigenvalue weighted by Gasteiger charge is -2.22. The third kappa shape index (κ3) is 4.37. The number of urea groups is 1. The zero-order chi connectivity index (χ0) is 16.0. The fraction of sp³-hybridized carbons (Fsp3) is 0.467. The van der Waals surface area contributed by atoms with Gasteiger partial charge in [-0.1, -0.05) is 26.0 Å². The molecule has 6 heteroatoms. The molecule has 0 aliphatic rings. The lowest BCUT2D eigenvalue weighted by atomic mass is 9.96. The first kappa shape index (κ1) is 16.8. The summed E-state index contributed by atoms with van der Waals surface area (Å²) in [5, 5.41) is 11.8. The van der Waals surface area contributed by atoms with E-state index in [1.54, 1.807) is 25.2 Å². The highest BCUT2D eigenvalue weighted by atomic mass is 16.5. The second-order valence-corrected chi connectivity index (χ2v) is 5.11. The van der Waals surface area contributed by atoms with Crippen molar-refractivity contribution in [3.8, 4) is 5.75 Å². The average Bonchev–Trinajstić information content (AvgIpc) is 2.45. The van der Waals surface area contributed by atoms with Gasteiger partial charge in [0.2, 0.25) is 0 Å². The van der Waals surface area contributed by atoms with Crippen LogP contribution in [0.15, 0.2) is 24.3 Å².